The SMILES string of the molecule is COc1cc(OC)cc(/C(=C\CCl)c2ccc3ncc(-c4cnn(C)c4)nc3c2)c1. The molecule has 2 aromatic heterocycles. The molecule has 6 nitrogen and oxygen atoms in total. The van der Waals surface area contributed by atoms with Crippen LogP contribution in [0.25, 0.3) is 27.9 Å². The van der Waals surface area contributed by atoms with E-state index in [1.54, 1.807) is 31.3 Å². The van der Waals surface area contributed by atoms with Gasteiger partial charge in [0.2, 0.25) is 0 Å². The van der Waals surface area contributed by atoms with Crippen LogP contribution in [-0.2, 0) is 7.05 Å². The highest BCUT2D eigenvalue weighted by atomic mass is 35.5. The lowest BCUT2D eigenvalue weighted by Gasteiger charge is -2.13. The normalized spacial score (nSPS) is 11.7. The van der Waals surface area contributed by atoms with Crippen molar-refractivity contribution in [3.63, 3.8) is 0 Å². The zero-order valence-corrected chi connectivity index (χ0v) is 17.7. The van der Waals surface area contributed by atoms with E-state index in [1.807, 2.05) is 55.7 Å². The second-order valence-electron chi connectivity index (χ2n) is 6.73. The third-order valence-electron chi connectivity index (χ3n) is 4.80. The van der Waals surface area contributed by atoms with Crippen LogP contribution in [-0.4, -0.2) is 39.8 Å². The second-order valence-corrected chi connectivity index (χ2v) is 7.04. The number of aromatic nitrogens is 4. The number of aryl methyl sites for hydroxylation is 1. The molecule has 0 saturated carbocycles. The quantitative estimate of drug-likeness (QED) is 0.422. The molecule has 0 radical (unpaired) electrons. The summed E-state index contributed by atoms with van der Waals surface area (Å²) in [6.07, 6.45) is 7.43. The van der Waals surface area contributed by atoms with Crippen LogP contribution in [0.1, 0.15) is 11.1 Å². The van der Waals surface area contributed by atoms with Crippen molar-refractivity contribution in [2.45, 2.75) is 0 Å². The summed E-state index contributed by atoms with van der Waals surface area (Å²) in [7, 11) is 5.14. The Bertz CT molecular complexity index is 1210. The van der Waals surface area contributed by atoms with Crippen LogP contribution in [0.15, 0.2) is 61.1 Å². The van der Waals surface area contributed by atoms with Gasteiger partial charge < -0.3 is 9.47 Å². The van der Waals surface area contributed by atoms with Crippen LogP contribution in [0.5, 0.6) is 11.5 Å². The van der Waals surface area contributed by atoms with E-state index in [-0.39, 0.29) is 0 Å². The fourth-order valence-corrected chi connectivity index (χ4v) is 3.47. The van der Waals surface area contributed by atoms with Crippen LogP contribution >= 0.6 is 11.6 Å². The first kappa shape index (κ1) is 19.9. The Labute approximate surface area is 179 Å². The molecule has 2 heterocycles. The van der Waals surface area contributed by atoms with Gasteiger partial charge in [0.05, 0.1) is 43.3 Å². The monoisotopic (exact) mass is 420 g/mol. The Hall–Kier alpha value is -3.38. The largest absolute Gasteiger partial charge is 0.497 e. The number of rotatable bonds is 6. The molecular formula is C23H21ClN4O2. The fourth-order valence-electron chi connectivity index (χ4n) is 3.31. The molecule has 0 atom stereocenters. The van der Waals surface area contributed by atoms with Crippen LogP contribution in [0.4, 0.5) is 0 Å². The van der Waals surface area contributed by atoms with Crippen molar-refractivity contribution in [2.75, 3.05) is 20.1 Å². The molecule has 2 aromatic carbocycles. The average molecular weight is 421 g/mol. The van der Waals surface area contributed by atoms with Crippen molar-refractivity contribution in [3.8, 4) is 22.8 Å². The zero-order valence-electron chi connectivity index (χ0n) is 17.0. The smallest absolute Gasteiger partial charge is 0.123 e. The Morgan fingerprint density at radius 1 is 1.00 bits per heavy atom. The third kappa shape index (κ3) is 4.00. The molecule has 0 aliphatic carbocycles. The molecule has 30 heavy (non-hydrogen) atoms. The molecule has 0 unspecified atom stereocenters. The van der Waals surface area contributed by atoms with Gasteiger partial charge in [-0.25, -0.2) is 4.98 Å². The number of methoxy groups -OCH3 is 2. The predicted octanol–water partition coefficient (Wildman–Crippen LogP) is 4.72. The van der Waals surface area contributed by atoms with Crippen molar-refractivity contribution >= 4 is 28.2 Å². The van der Waals surface area contributed by atoms with E-state index in [4.69, 9.17) is 26.1 Å². The summed E-state index contributed by atoms with van der Waals surface area (Å²) in [6.45, 7) is 0. The van der Waals surface area contributed by atoms with Crippen LogP contribution < -0.4 is 9.47 Å². The van der Waals surface area contributed by atoms with Crippen LogP contribution in [0, 0.1) is 0 Å². The number of hydrogen-bond acceptors (Lipinski definition) is 5. The highest BCUT2D eigenvalue weighted by Gasteiger charge is 2.12. The molecule has 0 N–H and O–H groups in total. The van der Waals surface area contributed by atoms with E-state index >= 15 is 0 Å². The number of hydrogen-bond donors (Lipinski definition) is 0. The molecule has 0 spiro atoms. The van der Waals surface area contributed by atoms with Crippen LogP contribution in [0.3, 0.4) is 0 Å². The molecule has 4 rings (SSSR count). The van der Waals surface area contributed by atoms with E-state index in [1.165, 1.54) is 0 Å². The average Bonchev–Trinajstić information content (AvgIpc) is 3.22. The highest BCUT2D eigenvalue weighted by Crippen LogP contribution is 2.32. The summed E-state index contributed by atoms with van der Waals surface area (Å²) in [5, 5.41) is 4.22. The van der Waals surface area contributed by atoms with Gasteiger partial charge in [0.15, 0.2) is 0 Å². The minimum Gasteiger partial charge on any atom is -0.497 e. The molecule has 7 heteroatoms. The molecule has 0 aliphatic rings. The summed E-state index contributed by atoms with van der Waals surface area (Å²) in [5.41, 5.74) is 6.21. The van der Waals surface area contributed by atoms with Gasteiger partial charge in [0, 0.05) is 30.8 Å². The Morgan fingerprint density at radius 3 is 2.40 bits per heavy atom. The number of allylic oxidation sites excluding steroid dienone is 1. The highest BCUT2D eigenvalue weighted by molar-refractivity contribution is 6.19. The molecular weight excluding hydrogens is 400 g/mol. The topological polar surface area (TPSA) is 62.1 Å². The number of halogens is 1. The lowest BCUT2D eigenvalue weighted by atomic mass is 9.96. The first-order valence-corrected chi connectivity index (χ1v) is 9.90. The fraction of sp³-hybridized carbons (Fsp3) is 0.174. The number of alkyl halides is 1. The first-order valence-electron chi connectivity index (χ1n) is 9.37. The Balaban J connectivity index is 1.82. The maximum atomic E-state index is 6.09. The van der Waals surface area contributed by atoms with E-state index in [0.29, 0.717) is 17.4 Å². The van der Waals surface area contributed by atoms with Crippen molar-refractivity contribution in [3.05, 3.63) is 72.2 Å². The Kier molecular flexibility index (Phi) is 5.68. The first-order chi connectivity index (χ1) is 14.6. The van der Waals surface area contributed by atoms with Gasteiger partial charge in [-0.1, -0.05) is 12.1 Å². The van der Waals surface area contributed by atoms with Gasteiger partial charge in [-0.05, 0) is 41.0 Å². The molecule has 0 aliphatic heterocycles. The number of fused-ring (bicyclic) bond motifs is 1. The standard InChI is InChI=1S/C23H21ClN4O2/c1-28-14-17(12-26-28)23-13-25-21-5-4-15(10-22(21)27-23)20(6-7-24)16-8-18(29-2)11-19(9-16)30-3/h4-6,8-14H,7H2,1-3H3/b20-6-. The summed E-state index contributed by atoms with van der Waals surface area (Å²) < 4.78 is 12.6. The van der Waals surface area contributed by atoms with Crippen molar-refractivity contribution in [1.82, 2.24) is 19.7 Å². The number of ether oxygens (including phenoxy) is 2. The summed E-state index contributed by atoms with van der Waals surface area (Å²) in [6, 6.07) is 11.8. The molecule has 0 bridgehead atoms. The van der Waals surface area contributed by atoms with Crippen molar-refractivity contribution < 1.29 is 9.47 Å². The van der Waals surface area contributed by atoms with Gasteiger partial charge in [-0.2, -0.15) is 5.10 Å². The van der Waals surface area contributed by atoms with Gasteiger partial charge >= 0.3 is 0 Å². The summed E-state index contributed by atoms with van der Waals surface area (Å²) in [4.78, 5) is 9.35. The molecule has 0 saturated heterocycles. The van der Waals surface area contributed by atoms with Crippen molar-refractivity contribution in [2.24, 2.45) is 7.05 Å². The van der Waals surface area contributed by atoms with Gasteiger partial charge in [-0.15, -0.1) is 11.6 Å². The predicted molar refractivity (Wildman–Crippen MR) is 119 cm³/mol. The maximum Gasteiger partial charge on any atom is 0.123 e. The maximum absolute atomic E-state index is 6.09. The second kappa shape index (κ2) is 8.55. The van der Waals surface area contributed by atoms with Gasteiger partial charge in [0.25, 0.3) is 0 Å². The minimum absolute atomic E-state index is 0.369. The van der Waals surface area contributed by atoms with Crippen LogP contribution in [0.2, 0.25) is 0 Å². The molecule has 4 aromatic rings. The van der Waals surface area contributed by atoms with E-state index < -0.39 is 0 Å². The Morgan fingerprint density at radius 2 is 1.77 bits per heavy atom. The van der Waals surface area contributed by atoms with E-state index in [9.17, 15) is 0 Å². The van der Waals surface area contributed by atoms with Crippen molar-refractivity contribution in [1.29, 1.82) is 0 Å². The minimum atomic E-state index is 0.369. The molecule has 152 valence electrons. The van der Waals surface area contributed by atoms with E-state index in [0.717, 1.165) is 39.0 Å². The lowest BCUT2D eigenvalue weighted by molar-refractivity contribution is 0.394. The zero-order chi connectivity index (χ0) is 21.1. The third-order valence-corrected chi connectivity index (χ3v) is 4.95. The summed E-state index contributed by atoms with van der Waals surface area (Å²) >= 11 is 6.09. The van der Waals surface area contributed by atoms with Gasteiger partial charge in [-0.3, -0.25) is 9.67 Å². The molecule has 0 amide bonds. The lowest BCUT2D eigenvalue weighted by Crippen LogP contribution is -1.95. The van der Waals surface area contributed by atoms with E-state index in [2.05, 4.69) is 10.1 Å². The molecule has 0 fully saturated rings. The summed E-state index contributed by atoms with van der Waals surface area (Å²) in [5.74, 6) is 1.79. The van der Waals surface area contributed by atoms with Gasteiger partial charge in [0.1, 0.15) is 11.5 Å². The number of benzene rings is 2. The number of nitrogens with zero attached hydrogens (tertiary/aromatic N) is 4.